The quantitative estimate of drug-likeness (QED) is 0.785. The number of nitrogens with zero attached hydrogens (tertiary/aromatic N) is 2. The Morgan fingerprint density at radius 3 is 2.67 bits per heavy atom. The largest absolute Gasteiger partial charge is 0.288 e. The van der Waals surface area contributed by atoms with Crippen LogP contribution in [0.1, 0.15) is 28.4 Å². The van der Waals surface area contributed by atoms with Crippen LogP contribution < -0.4 is 0 Å². The molecule has 0 radical (unpaired) electrons. The summed E-state index contributed by atoms with van der Waals surface area (Å²) < 4.78 is 28.3. The Morgan fingerprint density at radius 1 is 1.33 bits per heavy atom. The Kier molecular flexibility index (Phi) is 3.23. The molecule has 0 aliphatic rings. The molecule has 0 unspecified atom stereocenters. The average Bonchev–Trinajstić information content (AvgIpc) is 2.81. The summed E-state index contributed by atoms with van der Waals surface area (Å²) in [6.45, 7) is 3.99. The second-order valence-corrected chi connectivity index (χ2v) is 4.00. The number of rotatable bonds is 3. The molecule has 0 N–H and O–H groups in total. The molecular formula is C13H12F2N2O. The summed E-state index contributed by atoms with van der Waals surface area (Å²) in [5.74, 6) is -2.00. The Balaban J connectivity index is 2.42. The first-order valence-electron chi connectivity index (χ1n) is 5.55. The van der Waals surface area contributed by atoms with Gasteiger partial charge < -0.3 is 0 Å². The van der Waals surface area contributed by atoms with Crippen molar-refractivity contribution in [1.29, 1.82) is 0 Å². The van der Waals surface area contributed by atoms with E-state index in [4.69, 9.17) is 0 Å². The lowest BCUT2D eigenvalue weighted by atomic mass is 10.0. The molecule has 0 fully saturated rings. The van der Waals surface area contributed by atoms with Crippen LogP contribution in [0.5, 0.6) is 0 Å². The topological polar surface area (TPSA) is 34.9 Å². The van der Waals surface area contributed by atoms with Gasteiger partial charge in [-0.25, -0.2) is 8.78 Å². The minimum Gasteiger partial charge on any atom is -0.288 e. The Labute approximate surface area is 103 Å². The summed E-state index contributed by atoms with van der Waals surface area (Å²) in [5.41, 5.74) is 0.397. The number of benzene rings is 1. The van der Waals surface area contributed by atoms with E-state index in [1.54, 1.807) is 10.9 Å². The SMILES string of the molecule is CCn1cc(C(=O)c2cc(C)c(F)cc2F)cn1. The van der Waals surface area contributed by atoms with Gasteiger partial charge in [0.05, 0.1) is 17.3 Å². The van der Waals surface area contributed by atoms with Gasteiger partial charge in [0.15, 0.2) is 5.78 Å². The van der Waals surface area contributed by atoms with Crippen LogP contribution in [0.2, 0.25) is 0 Å². The number of hydrogen-bond acceptors (Lipinski definition) is 2. The highest BCUT2D eigenvalue weighted by Crippen LogP contribution is 2.17. The fourth-order valence-electron chi connectivity index (χ4n) is 1.64. The third-order valence-corrected chi connectivity index (χ3v) is 2.71. The monoisotopic (exact) mass is 250 g/mol. The number of carbonyl (C=O) groups is 1. The van der Waals surface area contributed by atoms with Crippen LogP contribution in [0.3, 0.4) is 0 Å². The van der Waals surface area contributed by atoms with E-state index >= 15 is 0 Å². The molecule has 18 heavy (non-hydrogen) atoms. The molecule has 2 rings (SSSR count). The maximum Gasteiger partial charge on any atom is 0.199 e. The van der Waals surface area contributed by atoms with Gasteiger partial charge in [0.2, 0.25) is 0 Å². The zero-order chi connectivity index (χ0) is 13.3. The van der Waals surface area contributed by atoms with Crippen LogP contribution in [0.15, 0.2) is 24.5 Å². The fourth-order valence-corrected chi connectivity index (χ4v) is 1.64. The van der Waals surface area contributed by atoms with Crippen LogP contribution in [0.4, 0.5) is 8.78 Å². The van der Waals surface area contributed by atoms with Gasteiger partial charge in [-0.3, -0.25) is 9.48 Å². The van der Waals surface area contributed by atoms with Gasteiger partial charge in [0.25, 0.3) is 0 Å². The highest BCUT2D eigenvalue weighted by Gasteiger charge is 2.17. The van der Waals surface area contributed by atoms with E-state index in [0.29, 0.717) is 12.1 Å². The number of carbonyl (C=O) groups excluding carboxylic acids is 1. The van der Waals surface area contributed by atoms with Crippen molar-refractivity contribution in [2.45, 2.75) is 20.4 Å². The van der Waals surface area contributed by atoms with Crippen molar-refractivity contribution in [2.24, 2.45) is 0 Å². The second kappa shape index (κ2) is 4.68. The molecule has 0 saturated carbocycles. The van der Waals surface area contributed by atoms with Crippen LogP contribution in [-0.4, -0.2) is 15.6 Å². The van der Waals surface area contributed by atoms with E-state index in [1.165, 1.54) is 19.2 Å². The summed E-state index contributed by atoms with van der Waals surface area (Å²) in [6, 6.07) is 1.95. The molecule has 0 spiro atoms. The molecule has 0 aliphatic heterocycles. The van der Waals surface area contributed by atoms with Crippen molar-refractivity contribution in [2.75, 3.05) is 0 Å². The van der Waals surface area contributed by atoms with Crippen molar-refractivity contribution >= 4 is 5.78 Å². The number of hydrogen-bond donors (Lipinski definition) is 0. The molecule has 1 aromatic carbocycles. The van der Waals surface area contributed by atoms with Crippen molar-refractivity contribution in [3.8, 4) is 0 Å². The lowest BCUT2D eigenvalue weighted by molar-refractivity contribution is 0.103. The summed E-state index contributed by atoms with van der Waals surface area (Å²) in [6.07, 6.45) is 2.92. The predicted molar refractivity (Wildman–Crippen MR) is 62.4 cm³/mol. The zero-order valence-corrected chi connectivity index (χ0v) is 10.1. The third-order valence-electron chi connectivity index (χ3n) is 2.71. The molecular weight excluding hydrogens is 238 g/mol. The minimum atomic E-state index is -0.854. The number of ketones is 1. The summed E-state index contributed by atoms with van der Waals surface area (Å²) in [5, 5.41) is 3.95. The molecule has 0 amide bonds. The molecule has 2 aromatic rings. The van der Waals surface area contributed by atoms with Gasteiger partial charge in [-0.2, -0.15) is 5.10 Å². The summed E-state index contributed by atoms with van der Waals surface area (Å²) in [4.78, 5) is 12.0. The van der Waals surface area contributed by atoms with E-state index < -0.39 is 17.4 Å². The average molecular weight is 250 g/mol. The molecule has 1 heterocycles. The normalized spacial score (nSPS) is 10.7. The molecule has 0 aliphatic carbocycles. The number of aryl methyl sites for hydroxylation is 2. The number of halogens is 2. The summed E-state index contributed by atoms with van der Waals surface area (Å²) in [7, 11) is 0. The highest BCUT2D eigenvalue weighted by atomic mass is 19.1. The Morgan fingerprint density at radius 2 is 2.06 bits per heavy atom. The molecule has 1 aromatic heterocycles. The smallest absolute Gasteiger partial charge is 0.199 e. The first-order chi connectivity index (χ1) is 8.52. The van der Waals surface area contributed by atoms with Gasteiger partial charge >= 0.3 is 0 Å². The Bertz CT molecular complexity index is 605. The summed E-state index contributed by atoms with van der Waals surface area (Å²) >= 11 is 0. The van der Waals surface area contributed by atoms with E-state index in [0.717, 1.165) is 6.07 Å². The van der Waals surface area contributed by atoms with Gasteiger partial charge in [-0.15, -0.1) is 0 Å². The number of aromatic nitrogens is 2. The minimum absolute atomic E-state index is 0.135. The standard InChI is InChI=1S/C13H12F2N2O/c1-3-17-7-9(6-16-17)13(18)10-4-8(2)11(14)5-12(10)15/h4-7H,3H2,1-2H3. The van der Waals surface area contributed by atoms with Crippen molar-refractivity contribution in [3.05, 3.63) is 52.9 Å². The van der Waals surface area contributed by atoms with Crippen LogP contribution in [-0.2, 0) is 6.54 Å². The first-order valence-corrected chi connectivity index (χ1v) is 5.55. The molecule has 94 valence electrons. The zero-order valence-electron chi connectivity index (χ0n) is 10.1. The fraction of sp³-hybridized carbons (Fsp3) is 0.231. The van der Waals surface area contributed by atoms with Crippen LogP contribution in [0.25, 0.3) is 0 Å². The molecule has 3 nitrogen and oxygen atoms in total. The Hall–Kier alpha value is -2.04. The maximum absolute atomic E-state index is 13.6. The van der Waals surface area contributed by atoms with E-state index in [2.05, 4.69) is 5.10 Å². The second-order valence-electron chi connectivity index (χ2n) is 4.00. The van der Waals surface area contributed by atoms with Crippen molar-refractivity contribution in [1.82, 2.24) is 9.78 Å². The molecule has 0 atom stereocenters. The van der Waals surface area contributed by atoms with Gasteiger partial charge in [-0.1, -0.05) is 0 Å². The van der Waals surface area contributed by atoms with E-state index in [9.17, 15) is 13.6 Å². The van der Waals surface area contributed by atoms with Gasteiger partial charge in [0.1, 0.15) is 11.6 Å². The molecule has 0 bridgehead atoms. The third kappa shape index (κ3) is 2.16. The highest BCUT2D eigenvalue weighted by molar-refractivity contribution is 6.08. The predicted octanol–water partition coefficient (Wildman–Crippen LogP) is 2.72. The van der Waals surface area contributed by atoms with E-state index in [1.807, 2.05) is 6.92 Å². The lowest BCUT2D eigenvalue weighted by Gasteiger charge is -2.03. The van der Waals surface area contributed by atoms with Crippen LogP contribution >= 0.6 is 0 Å². The van der Waals surface area contributed by atoms with Crippen molar-refractivity contribution in [3.63, 3.8) is 0 Å². The van der Waals surface area contributed by atoms with Crippen LogP contribution in [0, 0.1) is 18.6 Å². The molecule has 5 heteroatoms. The first kappa shape index (κ1) is 12.4. The van der Waals surface area contributed by atoms with Gasteiger partial charge in [-0.05, 0) is 25.5 Å². The maximum atomic E-state index is 13.6. The van der Waals surface area contributed by atoms with Crippen molar-refractivity contribution < 1.29 is 13.6 Å². The van der Waals surface area contributed by atoms with Gasteiger partial charge in [0, 0.05) is 18.8 Å². The van der Waals surface area contributed by atoms with E-state index in [-0.39, 0.29) is 11.1 Å². The molecule has 0 saturated heterocycles. The lowest BCUT2D eigenvalue weighted by Crippen LogP contribution is -2.05.